The van der Waals surface area contributed by atoms with Gasteiger partial charge in [0.1, 0.15) is 6.04 Å². The lowest BCUT2D eigenvalue weighted by atomic mass is 9.86. The van der Waals surface area contributed by atoms with E-state index in [1.54, 1.807) is 6.92 Å². The highest BCUT2D eigenvalue weighted by molar-refractivity contribution is 5.72. The number of nitrogens with zero attached hydrogens (tertiary/aromatic N) is 1. The zero-order chi connectivity index (χ0) is 10.7. The van der Waals surface area contributed by atoms with E-state index in [2.05, 4.69) is 6.92 Å². The lowest BCUT2D eigenvalue weighted by Crippen LogP contribution is -2.44. The Hall–Kier alpha value is -0.570. The van der Waals surface area contributed by atoms with E-state index in [4.69, 9.17) is 5.11 Å². The predicted molar refractivity (Wildman–Crippen MR) is 56.3 cm³/mol. The predicted octanol–water partition coefficient (Wildman–Crippen LogP) is 1.97. The van der Waals surface area contributed by atoms with Crippen LogP contribution in [-0.4, -0.2) is 35.1 Å². The molecule has 0 aliphatic heterocycles. The third-order valence-corrected chi connectivity index (χ3v) is 3.45. The van der Waals surface area contributed by atoms with Gasteiger partial charge in [-0.3, -0.25) is 9.69 Å². The molecule has 3 heteroatoms. The monoisotopic (exact) mass is 199 g/mol. The fourth-order valence-electron chi connectivity index (χ4n) is 2.26. The van der Waals surface area contributed by atoms with E-state index in [9.17, 15) is 4.79 Å². The smallest absolute Gasteiger partial charge is 0.320 e. The van der Waals surface area contributed by atoms with Gasteiger partial charge < -0.3 is 5.11 Å². The maximum absolute atomic E-state index is 10.8. The summed E-state index contributed by atoms with van der Waals surface area (Å²) >= 11 is 0. The average Bonchev–Trinajstić information content (AvgIpc) is 2.15. The van der Waals surface area contributed by atoms with Gasteiger partial charge in [-0.15, -0.1) is 0 Å². The molecular formula is C11H21NO2. The number of likely N-dealkylation sites (N-methyl/N-ethyl adjacent to an activating group) is 1. The molecule has 0 saturated heterocycles. The van der Waals surface area contributed by atoms with Crippen LogP contribution in [0.5, 0.6) is 0 Å². The van der Waals surface area contributed by atoms with Crippen LogP contribution in [0.3, 0.4) is 0 Å². The molecule has 1 aliphatic rings. The minimum absolute atomic E-state index is 0.356. The first-order valence-electron chi connectivity index (χ1n) is 5.47. The molecule has 14 heavy (non-hydrogen) atoms. The van der Waals surface area contributed by atoms with Crippen LogP contribution in [0.1, 0.15) is 39.5 Å². The van der Waals surface area contributed by atoms with Crippen LogP contribution in [0.15, 0.2) is 0 Å². The molecular weight excluding hydrogens is 178 g/mol. The highest BCUT2D eigenvalue weighted by Gasteiger charge is 2.27. The van der Waals surface area contributed by atoms with Crippen LogP contribution in [0.4, 0.5) is 0 Å². The molecule has 1 saturated carbocycles. The Morgan fingerprint density at radius 3 is 2.64 bits per heavy atom. The summed E-state index contributed by atoms with van der Waals surface area (Å²) in [6, 6.07) is 0.107. The van der Waals surface area contributed by atoms with Crippen molar-refractivity contribution in [1.82, 2.24) is 4.90 Å². The number of carboxylic acids is 1. The standard InChI is InChI=1S/C11H21NO2/c1-8-5-4-6-10(7-8)12(3)9(2)11(13)14/h8-10H,4-7H2,1-3H3,(H,13,14). The van der Waals surface area contributed by atoms with Crippen molar-refractivity contribution in [3.63, 3.8) is 0 Å². The van der Waals surface area contributed by atoms with Crippen molar-refractivity contribution in [3.8, 4) is 0 Å². The van der Waals surface area contributed by atoms with Crippen molar-refractivity contribution in [3.05, 3.63) is 0 Å². The summed E-state index contributed by atoms with van der Waals surface area (Å²) in [5, 5.41) is 8.91. The van der Waals surface area contributed by atoms with Crippen LogP contribution in [0, 0.1) is 5.92 Å². The molecule has 82 valence electrons. The first kappa shape index (κ1) is 11.5. The maximum Gasteiger partial charge on any atom is 0.320 e. The Morgan fingerprint density at radius 2 is 2.14 bits per heavy atom. The van der Waals surface area contributed by atoms with Gasteiger partial charge in [-0.05, 0) is 32.7 Å². The molecule has 3 atom stereocenters. The number of carbonyl (C=O) groups is 1. The average molecular weight is 199 g/mol. The number of rotatable bonds is 3. The van der Waals surface area contributed by atoms with E-state index >= 15 is 0 Å². The molecule has 0 bridgehead atoms. The van der Waals surface area contributed by atoms with Crippen molar-refractivity contribution in [2.24, 2.45) is 5.92 Å². The molecule has 0 aromatic heterocycles. The van der Waals surface area contributed by atoms with Gasteiger partial charge in [0.05, 0.1) is 0 Å². The Bertz CT molecular complexity index is 205. The molecule has 0 heterocycles. The SMILES string of the molecule is CC1CCCC(N(C)C(C)C(=O)O)C1. The third-order valence-electron chi connectivity index (χ3n) is 3.45. The number of carboxylic acid groups (broad SMARTS) is 1. The normalized spacial score (nSPS) is 30.3. The second-order valence-corrected chi connectivity index (χ2v) is 4.61. The molecule has 1 rings (SSSR count). The second-order valence-electron chi connectivity index (χ2n) is 4.61. The van der Waals surface area contributed by atoms with E-state index in [1.165, 1.54) is 12.8 Å². The van der Waals surface area contributed by atoms with Gasteiger partial charge in [-0.25, -0.2) is 0 Å². The molecule has 1 N–H and O–H groups in total. The van der Waals surface area contributed by atoms with Crippen molar-refractivity contribution in [2.45, 2.75) is 51.6 Å². The summed E-state index contributed by atoms with van der Waals surface area (Å²) in [5.41, 5.74) is 0. The molecule has 0 radical (unpaired) electrons. The Labute approximate surface area is 86.1 Å². The van der Waals surface area contributed by atoms with Gasteiger partial charge in [0.25, 0.3) is 0 Å². The lowest BCUT2D eigenvalue weighted by Gasteiger charge is -2.36. The van der Waals surface area contributed by atoms with Gasteiger partial charge >= 0.3 is 5.97 Å². The summed E-state index contributed by atoms with van der Waals surface area (Å²) in [7, 11) is 1.93. The topological polar surface area (TPSA) is 40.5 Å². The molecule has 3 unspecified atom stereocenters. The number of hydrogen-bond donors (Lipinski definition) is 1. The minimum Gasteiger partial charge on any atom is -0.480 e. The van der Waals surface area contributed by atoms with Crippen LogP contribution in [0.2, 0.25) is 0 Å². The first-order valence-corrected chi connectivity index (χ1v) is 5.47. The molecule has 0 aromatic rings. The molecule has 1 fully saturated rings. The summed E-state index contributed by atoms with van der Waals surface area (Å²) in [6.45, 7) is 4.02. The van der Waals surface area contributed by atoms with E-state index in [1.807, 2.05) is 11.9 Å². The van der Waals surface area contributed by atoms with Crippen molar-refractivity contribution in [2.75, 3.05) is 7.05 Å². The Morgan fingerprint density at radius 1 is 1.50 bits per heavy atom. The van der Waals surface area contributed by atoms with Crippen LogP contribution in [-0.2, 0) is 4.79 Å². The summed E-state index contributed by atoms with van der Waals surface area (Å²) in [4.78, 5) is 12.8. The lowest BCUT2D eigenvalue weighted by molar-refractivity contribution is -0.143. The van der Waals surface area contributed by atoms with E-state index in [-0.39, 0.29) is 6.04 Å². The largest absolute Gasteiger partial charge is 0.480 e. The van der Waals surface area contributed by atoms with Crippen LogP contribution < -0.4 is 0 Å². The van der Waals surface area contributed by atoms with Crippen molar-refractivity contribution in [1.29, 1.82) is 0 Å². The zero-order valence-corrected chi connectivity index (χ0v) is 9.36. The number of hydrogen-bond acceptors (Lipinski definition) is 2. The first-order chi connectivity index (χ1) is 6.52. The molecule has 0 amide bonds. The van der Waals surface area contributed by atoms with Crippen molar-refractivity contribution >= 4 is 5.97 Å². The quantitative estimate of drug-likeness (QED) is 0.755. The van der Waals surface area contributed by atoms with Gasteiger partial charge in [0.2, 0.25) is 0 Å². The van der Waals surface area contributed by atoms with E-state index in [0.717, 1.165) is 18.8 Å². The molecule has 1 aliphatic carbocycles. The van der Waals surface area contributed by atoms with Gasteiger partial charge in [-0.1, -0.05) is 19.8 Å². The summed E-state index contributed by atoms with van der Waals surface area (Å²) in [5.74, 6) is 0.0305. The highest BCUT2D eigenvalue weighted by atomic mass is 16.4. The third kappa shape index (κ3) is 2.71. The maximum atomic E-state index is 10.8. The Balaban J connectivity index is 2.50. The fourth-order valence-corrected chi connectivity index (χ4v) is 2.26. The van der Waals surface area contributed by atoms with Crippen LogP contribution >= 0.6 is 0 Å². The molecule has 0 spiro atoms. The molecule has 0 aromatic carbocycles. The summed E-state index contributed by atoms with van der Waals surface area (Å²) < 4.78 is 0. The summed E-state index contributed by atoms with van der Waals surface area (Å²) in [6.07, 6.45) is 4.83. The van der Waals surface area contributed by atoms with E-state index in [0.29, 0.717) is 6.04 Å². The van der Waals surface area contributed by atoms with E-state index < -0.39 is 5.97 Å². The van der Waals surface area contributed by atoms with Gasteiger partial charge in [-0.2, -0.15) is 0 Å². The van der Waals surface area contributed by atoms with Crippen LogP contribution in [0.25, 0.3) is 0 Å². The zero-order valence-electron chi connectivity index (χ0n) is 9.36. The second kappa shape index (κ2) is 4.78. The fraction of sp³-hybridized carbons (Fsp3) is 0.909. The number of aliphatic carboxylic acids is 1. The van der Waals surface area contributed by atoms with Gasteiger partial charge in [0.15, 0.2) is 0 Å². The van der Waals surface area contributed by atoms with Crippen molar-refractivity contribution < 1.29 is 9.90 Å². The van der Waals surface area contributed by atoms with Gasteiger partial charge in [0, 0.05) is 6.04 Å². The Kier molecular flexibility index (Phi) is 3.93. The molecule has 3 nitrogen and oxygen atoms in total. The minimum atomic E-state index is -0.717. The highest BCUT2D eigenvalue weighted by Crippen LogP contribution is 2.27.